The molecule has 12 fully saturated rings. The van der Waals surface area contributed by atoms with Crippen LogP contribution < -0.4 is 104 Å². The molecule has 2 unspecified atom stereocenters. The standard InChI is InChI=1S/C26H34N8O3.C25H34N8O4S.C25H34N8O2.C24H31N7O3.2H2S/c1-16(35)32-8-6-19(7-9-32)33-10-11-34-20(14-33)15-37-23-12-18(4-5-22(23)34)30-26-28-13-21(24(27)36)25(31-26)29-17-2-3-17;1-38(35,36)32-8-6-18(7-9-32)31-10-11-33-19(14-31)15-37-22-12-17(4-5-21(22)33)29-25-27-13-20(23(26)34)24(30-25)28-16-2-3-16;1-31-8-6-18(7-9-31)32-10-11-33-19(14-32)15-35-22-12-17(4-5-21(22)33)29-25-27-13-20(23(26)34)24(30-25)28-16-2-3-16;25-22(32)19-12-26-24(29-23(19)27-15-1-2-15)28-16-3-4-20-21(11-16)34-14-18-13-30(7-8-31(18)20)17-5-9-33-10-6-17;;/h4-5,12-13,17,19-20H,2-3,6-11,14-15H2,1H3,(H2,27,36)(H2,28,29,30,31);4-5,12-13,16,18-19H,2-3,6-11,14-15H2,1H3,(H2,26,34)(H2,27,28,29,30);4-5,12-13,16,18-19H,2-3,6-11,14-15H2,1H3,(H2,26,34)(H2,27,28,29,30);3-4,11-12,15,17-18H,1-2,5-10,13-14H2,(H2,25,32)(H2,26,27,28,29);2*1H2/t;;19-;18-;;/m..00../s1. The number of aromatic nitrogens is 8. The lowest BCUT2D eigenvalue weighted by Gasteiger charge is -2.49. The van der Waals surface area contributed by atoms with Crippen LogP contribution in [0.15, 0.2) is 97.6 Å². The molecule has 4 atom stereocenters. The Morgan fingerprint density at radius 3 is 0.856 bits per heavy atom. The molecule has 16 N–H and O–H groups in total. The lowest BCUT2D eigenvalue weighted by Crippen LogP contribution is -2.60. The van der Waals surface area contributed by atoms with Crippen LogP contribution >= 0.6 is 27.0 Å². The number of nitrogens with zero attached hydrogens (tertiary/aromatic N) is 19. The maximum atomic E-state index is 11.9. The number of fused-ring (bicyclic) bond motifs is 12. The van der Waals surface area contributed by atoms with Crippen molar-refractivity contribution in [3.63, 3.8) is 0 Å². The quantitative estimate of drug-likeness (QED) is 0.0273. The first kappa shape index (κ1) is 102. The fraction of sp³-hybridized carbons (Fsp3) is 0.550. The third-order valence-electron chi connectivity index (χ3n) is 30.5. The van der Waals surface area contributed by atoms with Crippen LogP contribution in [0.2, 0.25) is 0 Å². The number of carbonyl (C=O) groups is 5. The molecule has 8 saturated heterocycles. The van der Waals surface area contributed by atoms with Gasteiger partial charge in [0.15, 0.2) is 0 Å². The maximum absolute atomic E-state index is 11.9. The zero-order valence-electron chi connectivity index (χ0n) is 83.1. The molecule has 4 aliphatic carbocycles. The number of hydrogen-bond donors (Lipinski definition) is 12. The van der Waals surface area contributed by atoms with Gasteiger partial charge in [-0.3, -0.25) is 43.6 Å². The van der Waals surface area contributed by atoms with Crippen LogP contribution in [-0.2, 0) is 19.6 Å². The van der Waals surface area contributed by atoms with Crippen LogP contribution in [0.4, 0.5) is 92.6 Å². The number of anilines is 16. The molecule has 16 heterocycles. The Balaban J connectivity index is 0.000000122. The number of primary amides is 4. The minimum absolute atomic E-state index is 0. The van der Waals surface area contributed by atoms with Gasteiger partial charge >= 0.3 is 0 Å². The number of sulfonamides is 1. The molecule has 12 aliphatic heterocycles. The van der Waals surface area contributed by atoms with Gasteiger partial charge in [0.2, 0.25) is 39.7 Å². The number of piperidine rings is 3. The number of piperazine rings is 4. The van der Waals surface area contributed by atoms with Gasteiger partial charge in [-0.1, -0.05) is 0 Å². The number of amides is 5. The highest BCUT2D eigenvalue weighted by Crippen LogP contribution is 2.46. The van der Waals surface area contributed by atoms with E-state index in [1.54, 1.807) is 11.2 Å². The Morgan fingerprint density at radius 1 is 0.342 bits per heavy atom. The second-order valence-corrected chi connectivity index (χ2v) is 42.8. The molecule has 8 aromatic rings. The van der Waals surface area contributed by atoms with Gasteiger partial charge in [-0.2, -0.15) is 46.9 Å². The molecule has 5 amide bonds. The summed E-state index contributed by atoms with van der Waals surface area (Å²) < 4.78 is 55.7. The van der Waals surface area contributed by atoms with Crippen molar-refractivity contribution in [1.82, 2.24) is 73.6 Å². The van der Waals surface area contributed by atoms with Crippen LogP contribution in [0.3, 0.4) is 0 Å². The zero-order valence-corrected chi connectivity index (χ0v) is 85.9. The largest absolute Gasteiger partial charge is 0.489 e. The van der Waals surface area contributed by atoms with Crippen LogP contribution in [0, 0.1) is 0 Å². The van der Waals surface area contributed by atoms with Crippen LogP contribution in [-0.4, -0.2) is 355 Å². The highest BCUT2D eigenvalue weighted by atomic mass is 32.2. The van der Waals surface area contributed by atoms with Gasteiger partial charge in [0.1, 0.15) is 72.7 Å². The summed E-state index contributed by atoms with van der Waals surface area (Å²) in [4.78, 5) is 118. The fourth-order valence-corrected chi connectivity index (χ4v) is 22.7. The first-order valence-electron chi connectivity index (χ1n) is 51.2. The van der Waals surface area contributed by atoms with E-state index in [0.717, 1.165) is 263 Å². The van der Waals surface area contributed by atoms with E-state index in [0.29, 0.717) is 170 Å². The summed E-state index contributed by atoms with van der Waals surface area (Å²) in [6.07, 6.45) is 24.2. The Kier molecular flexibility index (Phi) is 31.4. The van der Waals surface area contributed by atoms with Crippen LogP contribution in [0.5, 0.6) is 23.0 Å². The molecule has 146 heavy (non-hydrogen) atoms. The van der Waals surface area contributed by atoms with Gasteiger partial charge in [0.25, 0.3) is 23.6 Å². The summed E-state index contributed by atoms with van der Waals surface area (Å²) in [6.45, 7) is 23.2. The SMILES string of the molecule is CC(=O)N1CCC(N2CCN3c4ccc(Nc5ncc(C(N)=O)c(NC6CC6)n5)cc4OCC3C2)CC1.CN1CCC(N2CCN3c4ccc(Nc5ncc(C(N)=O)c(NC6CC6)n5)cc4OC[C@@H]3C2)CC1.CS(=O)(=O)N1CCC(N2CCN3c4ccc(Nc5ncc(C(N)=O)c(NC6CC6)n5)cc4OCC3C2)CC1.NC(=O)c1cnc(Nc2ccc3c(c2)OC[C@@H]2CN(C4CCOCC4)CCN32)nc1NC1CC1.S.S. The van der Waals surface area contributed by atoms with E-state index >= 15 is 0 Å². The van der Waals surface area contributed by atoms with Crippen molar-refractivity contribution in [3.05, 3.63) is 120 Å². The number of carbonyl (C=O) groups excluding carboxylic acids is 5. The van der Waals surface area contributed by atoms with E-state index in [1.165, 1.54) is 57.0 Å². The van der Waals surface area contributed by atoms with Gasteiger partial charge in [0.05, 0.1) is 75.4 Å². The normalized spacial score (nSPS) is 22.4. The van der Waals surface area contributed by atoms with Crippen molar-refractivity contribution in [2.75, 3.05) is 233 Å². The summed E-state index contributed by atoms with van der Waals surface area (Å²) in [5.41, 5.74) is 30.9. The number of nitrogens with two attached hydrogens (primary N) is 4. The first-order valence-corrected chi connectivity index (χ1v) is 53.1. The second-order valence-electron chi connectivity index (χ2n) is 40.8. The number of benzene rings is 4. The lowest BCUT2D eigenvalue weighted by atomic mass is 9.99. The Hall–Kier alpha value is -12.3. The monoisotopic (exact) mass is 2060 g/mol. The van der Waals surface area contributed by atoms with Gasteiger partial charge in [-0.15, -0.1) is 0 Å². The zero-order chi connectivity index (χ0) is 99.0. The predicted molar refractivity (Wildman–Crippen MR) is 570 cm³/mol. The van der Waals surface area contributed by atoms with Gasteiger partial charge in [-0.05, 0) is 171 Å². The minimum atomic E-state index is -3.11. The number of nitrogens with one attached hydrogen (secondary N) is 8. The van der Waals surface area contributed by atoms with Crippen LogP contribution in [0.1, 0.15) is 151 Å². The van der Waals surface area contributed by atoms with Gasteiger partial charge in [0, 0.05) is 245 Å². The van der Waals surface area contributed by atoms with Crippen molar-refractivity contribution < 1.29 is 56.1 Å². The molecule has 4 saturated carbocycles. The lowest BCUT2D eigenvalue weighted by molar-refractivity contribution is -0.130. The Labute approximate surface area is 864 Å². The number of hydrogen-bond acceptors (Lipinski definition) is 37. The van der Waals surface area contributed by atoms with Crippen molar-refractivity contribution >= 4 is 159 Å². The van der Waals surface area contributed by atoms with E-state index in [4.69, 9.17) is 46.6 Å². The third kappa shape index (κ3) is 24.4. The summed E-state index contributed by atoms with van der Waals surface area (Å²) in [6, 6.07) is 29.3. The van der Waals surface area contributed by atoms with Crippen molar-refractivity contribution in [1.29, 1.82) is 0 Å². The highest BCUT2D eigenvalue weighted by molar-refractivity contribution is 7.88. The van der Waals surface area contributed by atoms with Crippen molar-refractivity contribution in [3.8, 4) is 23.0 Å². The molecule has 0 bridgehead atoms. The average Bonchev–Trinajstić information content (AvgIpc) is 1.27. The smallest absolute Gasteiger partial charge is 0.254 e. The van der Waals surface area contributed by atoms with E-state index in [-0.39, 0.29) is 44.5 Å². The number of likely N-dealkylation sites (tertiary alicyclic amines) is 2. The van der Waals surface area contributed by atoms with Crippen LogP contribution in [0.25, 0.3) is 0 Å². The maximum Gasteiger partial charge on any atom is 0.254 e. The predicted octanol–water partition coefficient (Wildman–Crippen LogP) is 7.04. The molecule has 4 aromatic heterocycles. The fourth-order valence-electron chi connectivity index (χ4n) is 21.8. The molecule has 43 nitrogen and oxygen atoms in total. The minimum Gasteiger partial charge on any atom is -0.489 e. The van der Waals surface area contributed by atoms with E-state index < -0.39 is 33.7 Å². The summed E-state index contributed by atoms with van der Waals surface area (Å²) in [7, 11) is -0.897. The average molecular weight is 2060 g/mol. The summed E-state index contributed by atoms with van der Waals surface area (Å²) >= 11 is 0. The molecule has 0 spiro atoms. The molecule has 16 aliphatic rings. The van der Waals surface area contributed by atoms with Gasteiger partial charge in [-0.25, -0.2) is 32.7 Å². The molecule has 0 radical (unpaired) electrons. The Bertz CT molecular complexity index is 6160. The van der Waals surface area contributed by atoms with Crippen molar-refractivity contribution in [2.45, 2.75) is 182 Å². The molecule has 24 rings (SSSR count). The van der Waals surface area contributed by atoms with Crippen molar-refractivity contribution in [2.24, 2.45) is 22.9 Å². The number of rotatable bonds is 25. The third-order valence-corrected chi connectivity index (χ3v) is 31.8. The highest BCUT2D eigenvalue weighted by Gasteiger charge is 2.44. The molecular formula is C100H137N31O12S3. The number of ether oxygens (including phenoxy) is 5. The summed E-state index contributed by atoms with van der Waals surface area (Å²) in [5.74, 6) is 4.88. The Morgan fingerprint density at radius 2 is 0.603 bits per heavy atom. The topological polar surface area (TPSA) is 505 Å². The van der Waals surface area contributed by atoms with Gasteiger partial charge < -0.3 is 119 Å². The van der Waals surface area contributed by atoms with E-state index in [9.17, 15) is 32.4 Å². The second kappa shape index (κ2) is 44.8. The molecule has 4 aromatic carbocycles. The molecule has 46 heteroatoms. The first-order chi connectivity index (χ1) is 69.8. The van der Waals surface area contributed by atoms with E-state index in [1.807, 2.05) is 53.4 Å². The molecule has 782 valence electrons. The summed E-state index contributed by atoms with van der Waals surface area (Å²) in [5, 5.41) is 26.0. The molecular weight excluding hydrogens is 1920 g/mol. The van der Waals surface area contributed by atoms with E-state index in [2.05, 4.69) is 158 Å².